The van der Waals surface area contributed by atoms with Gasteiger partial charge in [-0.25, -0.2) is 4.98 Å². The first kappa shape index (κ1) is 21.5. The topological polar surface area (TPSA) is 119 Å². The van der Waals surface area contributed by atoms with Crippen LogP contribution in [0.15, 0.2) is 42.9 Å². The number of amides is 1. The number of rotatable bonds is 8. The molecule has 9 nitrogen and oxygen atoms in total. The fraction of sp³-hybridized carbons (Fsp3) is 0.348. The number of aliphatic carboxylic acids is 1. The van der Waals surface area contributed by atoms with Crippen molar-refractivity contribution in [2.45, 2.75) is 44.7 Å². The van der Waals surface area contributed by atoms with Gasteiger partial charge in [0.2, 0.25) is 5.88 Å². The number of pyridine rings is 2. The molecule has 0 spiro atoms. The summed E-state index contributed by atoms with van der Waals surface area (Å²) in [6.07, 6.45) is 8.79. The van der Waals surface area contributed by atoms with Crippen LogP contribution in [0.25, 0.3) is 0 Å². The highest BCUT2D eigenvalue weighted by molar-refractivity contribution is 5.94. The monoisotopic (exact) mass is 435 g/mol. The molecule has 0 aliphatic heterocycles. The van der Waals surface area contributed by atoms with Crippen molar-refractivity contribution in [3.8, 4) is 5.88 Å². The number of ether oxygens (including phenoxy) is 1. The summed E-state index contributed by atoms with van der Waals surface area (Å²) in [6.45, 7) is 0.460. The SMILES string of the molecule is COc1ccc([C@H](CC(=O)O)NC(=O)c2cnn(Cc3ccc4c(n3)CCCC4)c2)cn1. The van der Waals surface area contributed by atoms with E-state index in [2.05, 4.69) is 21.5 Å². The molecule has 1 aliphatic rings. The number of hydrogen-bond acceptors (Lipinski definition) is 6. The normalized spacial score (nSPS) is 13.8. The van der Waals surface area contributed by atoms with Gasteiger partial charge in [-0.3, -0.25) is 19.3 Å². The van der Waals surface area contributed by atoms with Gasteiger partial charge in [-0.1, -0.05) is 12.1 Å². The maximum atomic E-state index is 12.8. The molecule has 3 aromatic rings. The molecule has 2 N–H and O–H groups in total. The van der Waals surface area contributed by atoms with Gasteiger partial charge in [0.1, 0.15) is 0 Å². The summed E-state index contributed by atoms with van der Waals surface area (Å²) in [6, 6.07) is 6.72. The zero-order chi connectivity index (χ0) is 22.5. The number of carboxylic acid groups (broad SMARTS) is 1. The van der Waals surface area contributed by atoms with Crippen molar-refractivity contribution >= 4 is 11.9 Å². The van der Waals surface area contributed by atoms with Crippen LogP contribution in [0.2, 0.25) is 0 Å². The van der Waals surface area contributed by atoms with Crippen molar-refractivity contribution in [1.29, 1.82) is 0 Å². The number of aromatic nitrogens is 4. The lowest BCUT2D eigenvalue weighted by molar-refractivity contribution is -0.137. The van der Waals surface area contributed by atoms with Crippen molar-refractivity contribution in [3.63, 3.8) is 0 Å². The van der Waals surface area contributed by atoms with Gasteiger partial charge in [0, 0.05) is 24.2 Å². The van der Waals surface area contributed by atoms with Crippen LogP contribution >= 0.6 is 0 Å². The van der Waals surface area contributed by atoms with Gasteiger partial charge in [0.15, 0.2) is 0 Å². The molecule has 0 fully saturated rings. The number of methoxy groups -OCH3 is 1. The number of aryl methyl sites for hydroxylation is 2. The first-order valence-electron chi connectivity index (χ1n) is 10.5. The molecule has 0 saturated carbocycles. The molecular weight excluding hydrogens is 410 g/mol. The van der Waals surface area contributed by atoms with Crippen molar-refractivity contribution in [2.24, 2.45) is 0 Å². The lowest BCUT2D eigenvalue weighted by atomic mass is 9.96. The van der Waals surface area contributed by atoms with Gasteiger partial charge >= 0.3 is 5.97 Å². The predicted molar refractivity (Wildman–Crippen MR) is 115 cm³/mol. The molecule has 0 aromatic carbocycles. The molecular formula is C23H25N5O4. The number of carbonyl (C=O) groups is 2. The van der Waals surface area contributed by atoms with Crippen LogP contribution in [0, 0.1) is 0 Å². The third-order valence-electron chi connectivity index (χ3n) is 5.51. The molecule has 0 radical (unpaired) electrons. The first-order valence-corrected chi connectivity index (χ1v) is 10.5. The fourth-order valence-corrected chi connectivity index (χ4v) is 3.84. The highest BCUT2D eigenvalue weighted by atomic mass is 16.5. The maximum absolute atomic E-state index is 12.8. The molecule has 166 valence electrons. The van der Waals surface area contributed by atoms with Crippen molar-refractivity contribution < 1.29 is 19.4 Å². The Hall–Kier alpha value is -3.75. The molecule has 1 atom stereocenters. The number of carbonyl (C=O) groups excluding carboxylic acids is 1. The van der Waals surface area contributed by atoms with Crippen molar-refractivity contribution in [3.05, 3.63) is 70.9 Å². The van der Waals surface area contributed by atoms with Gasteiger partial charge in [0.25, 0.3) is 5.91 Å². The van der Waals surface area contributed by atoms with Crippen LogP contribution in [0.3, 0.4) is 0 Å². The van der Waals surface area contributed by atoms with E-state index in [0.29, 0.717) is 23.6 Å². The van der Waals surface area contributed by atoms with Crippen LogP contribution in [-0.4, -0.2) is 43.8 Å². The Balaban J connectivity index is 1.45. The highest BCUT2D eigenvalue weighted by Gasteiger charge is 2.20. The summed E-state index contributed by atoms with van der Waals surface area (Å²) in [4.78, 5) is 32.9. The minimum absolute atomic E-state index is 0.271. The summed E-state index contributed by atoms with van der Waals surface area (Å²) >= 11 is 0. The van der Waals surface area contributed by atoms with Gasteiger partial charge in [-0.15, -0.1) is 0 Å². The van der Waals surface area contributed by atoms with E-state index in [9.17, 15) is 14.7 Å². The Kier molecular flexibility index (Phi) is 6.44. The third-order valence-corrected chi connectivity index (χ3v) is 5.51. The van der Waals surface area contributed by atoms with Crippen LogP contribution < -0.4 is 10.1 Å². The second kappa shape index (κ2) is 9.59. The number of hydrogen-bond donors (Lipinski definition) is 2. The van der Waals surface area contributed by atoms with Gasteiger partial charge < -0.3 is 15.2 Å². The maximum Gasteiger partial charge on any atom is 0.305 e. The number of fused-ring (bicyclic) bond motifs is 1. The first-order chi connectivity index (χ1) is 15.5. The summed E-state index contributed by atoms with van der Waals surface area (Å²) in [5.41, 5.74) is 4.29. The van der Waals surface area contributed by atoms with Crippen LogP contribution in [-0.2, 0) is 24.2 Å². The Morgan fingerprint density at radius 1 is 1.19 bits per heavy atom. The summed E-state index contributed by atoms with van der Waals surface area (Å²) in [5.74, 6) is -1.02. The second-order valence-corrected chi connectivity index (χ2v) is 7.80. The zero-order valence-corrected chi connectivity index (χ0v) is 17.8. The highest BCUT2D eigenvalue weighted by Crippen LogP contribution is 2.21. The number of carboxylic acids is 1. The van der Waals surface area contributed by atoms with E-state index in [4.69, 9.17) is 9.72 Å². The zero-order valence-electron chi connectivity index (χ0n) is 17.8. The van der Waals surface area contributed by atoms with Gasteiger partial charge in [-0.05, 0) is 42.9 Å². The number of nitrogens with one attached hydrogen (secondary N) is 1. The van der Waals surface area contributed by atoms with Crippen LogP contribution in [0.1, 0.15) is 58.2 Å². The molecule has 4 rings (SSSR count). The Morgan fingerprint density at radius 3 is 2.78 bits per heavy atom. The molecule has 0 unspecified atom stereocenters. The van der Waals surface area contributed by atoms with Crippen LogP contribution in [0.4, 0.5) is 0 Å². The Morgan fingerprint density at radius 2 is 2.03 bits per heavy atom. The predicted octanol–water partition coefficient (Wildman–Crippen LogP) is 2.55. The van der Waals surface area contributed by atoms with E-state index in [-0.39, 0.29) is 6.42 Å². The summed E-state index contributed by atoms with van der Waals surface area (Å²) in [5, 5.41) is 16.3. The summed E-state index contributed by atoms with van der Waals surface area (Å²) in [7, 11) is 1.50. The second-order valence-electron chi connectivity index (χ2n) is 7.80. The average Bonchev–Trinajstić information content (AvgIpc) is 3.27. The van der Waals surface area contributed by atoms with E-state index in [0.717, 1.165) is 30.7 Å². The molecule has 1 amide bonds. The average molecular weight is 435 g/mol. The Bertz CT molecular complexity index is 1110. The largest absolute Gasteiger partial charge is 0.481 e. The van der Waals surface area contributed by atoms with Crippen molar-refractivity contribution in [1.82, 2.24) is 25.1 Å². The Labute approximate surface area is 185 Å². The minimum Gasteiger partial charge on any atom is -0.481 e. The van der Waals surface area contributed by atoms with E-state index >= 15 is 0 Å². The molecule has 0 bridgehead atoms. The molecule has 3 heterocycles. The van der Waals surface area contributed by atoms with E-state index in [1.54, 1.807) is 23.0 Å². The fourth-order valence-electron chi connectivity index (χ4n) is 3.84. The standard InChI is InChI=1S/C23H25N5O4/c1-32-21-9-7-16(11-24-21)20(10-22(29)30)27-23(31)17-12-25-28(13-17)14-18-8-6-15-4-2-3-5-19(15)26-18/h6-9,11-13,20H,2-5,10,14H2,1H3,(H,27,31)(H,29,30)/t20-/m0/s1. The van der Waals surface area contributed by atoms with Gasteiger partial charge in [0.05, 0.1) is 43.6 Å². The molecule has 3 aromatic heterocycles. The molecule has 0 saturated heterocycles. The third kappa shape index (κ3) is 5.11. The van der Waals surface area contributed by atoms with E-state index < -0.39 is 17.9 Å². The smallest absolute Gasteiger partial charge is 0.305 e. The molecule has 9 heteroatoms. The van der Waals surface area contributed by atoms with E-state index in [1.807, 2.05) is 6.07 Å². The minimum atomic E-state index is -1.03. The molecule has 32 heavy (non-hydrogen) atoms. The quantitative estimate of drug-likeness (QED) is 0.558. The van der Waals surface area contributed by atoms with Crippen molar-refractivity contribution in [2.75, 3.05) is 7.11 Å². The summed E-state index contributed by atoms with van der Waals surface area (Å²) < 4.78 is 6.69. The van der Waals surface area contributed by atoms with Crippen LogP contribution in [0.5, 0.6) is 5.88 Å². The van der Waals surface area contributed by atoms with Gasteiger partial charge in [-0.2, -0.15) is 5.10 Å². The lowest BCUT2D eigenvalue weighted by Gasteiger charge is -2.17. The van der Waals surface area contributed by atoms with E-state index in [1.165, 1.54) is 31.5 Å². The number of nitrogens with zero attached hydrogens (tertiary/aromatic N) is 4. The lowest BCUT2D eigenvalue weighted by Crippen LogP contribution is -2.30. The molecule has 1 aliphatic carbocycles.